The van der Waals surface area contributed by atoms with E-state index in [9.17, 15) is 9.59 Å². The minimum absolute atomic E-state index is 0.131. The molecule has 3 aromatic rings. The van der Waals surface area contributed by atoms with Crippen LogP contribution in [0.1, 0.15) is 58.0 Å². The molecule has 0 spiro atoms. The molecule has 1 atom stereocenters. The highest BCUT2D eigenvalue weighted by atomic mass is 16.5. The highest BCUT2D eigenvalue weighted by Gasteiger charge is 2.39. The van der Waals surface area contributed by atoms with E-state index in [-0.39, 0.29) is 24.0 Å². The van der Waals surface area contributed by atoms with Crippen LogP contribution in [0.15, 0.2) is 36.7 Å². The van der Waals surface area contributed by atoms with E-state index in [2.05, 4.69) is 60.9 Å². The highest BCUT2D eigenvalue weighted by Crippen LogP contribution is 2.39. The van der Waals surface area contributed by atoms with Crippen LogP contribution < -0.4 is 15.0 Å². The summed E-state index contributed by atoms with van der Waals surface area (Å²) in [7, 11) is 1.86. The molecule has 0 aromatic carbocycles. The summed E-state index contributed by atoms with van der Waals surface area (Å²) >= 11 is 0. The Balaban J connectivity index is 1.33. The lowest BCUT2D eigenvalue weighted by Crippen LogP contribution is -2.50. The fourth-order valence-electron chi connectivity index (χ4n) is 4.87. The monoisotopic (exact) mass is 517 g/mol. The van der Waals surface area contributed by atoms with E-state index in [1.54, 1.807) is 12.4 Å². The van der Waals surface area contributed by atoms with E-state index < -0.39 is 6.03 Å². The van der Waals surface area contributed by atoms with Gasteiger partial charge in [-0.15, -0.1) is 0 Å². The minimum atomic E-state index is -0.433. The van der Waals surface area contributed by atoms with E-state index in [4.69, 9.17) is 9.72 Å². The van der Waals surface area contributed by atoms with Crippen molar-refractivity contribution in [1.29, 1.82) is 0 Å². The number of pyridine rings is 2. The third kappa shape index (κ3) is 4.76. The van der Waals surface area contributed by atoms with Crippen molar-refractivity contribution in [1.82, 2.24) is 29.7 Å². The summed E-state index contributed by atoms with van der Waals surface area (Å²) in [5.74, 6) is 2.24. The van der Waals surface area contributed by atoms with Crippen LogP contribution in [0.4, 0.5) is 10.6 Å². The molecule has 2 aliphatic rings. The number of hydrogen-bond acceptors (Lipinski definition) is 7. The van der Waals surface area contributed by atoms with Gasteiger partial charge < -0.3 is 9.30 Å². The van der Waals surface area contributed by atoms with E-state index in [1.165, 1.54) is 10.5 Å². The van der Waals surface area contributed by atoms with Gasteiger partial charge in [-0.25, -0.2) is 14.8 Å². The van der Waals surface area contributed by atoms with Crippen molar-refractivity contribution in [2.24, 2.45) is 13.0 Å². The second-order valence-electron chi connectivity index (χ2n) is 10.9. The van der Waals surface area contributed by atoms with Crippen molar-refractivity contribution in [2.45, 2.75) is 65.8 Å². The molecule has 5 rings (SSSR count). The zero-order valence-electron chi connectivity index (χ0n) is 22.9. The van der Waals surface area contributed by atoms with Crippen LogP contribution in [0.5, 0.6) is 5.75 Å². The van der Waals surface area contributed by atoms with Crippen molar-refractivity contribution in [3.05, 3.63) is 53.6 Å². The van der Waals surface area contributed by atoms with E-state index in [1.807, 2.05) is 29.8 Å². The van der Waals surface area contributed by atoms with E-state index in [0.717, 1.165) is 29.4 Å². The molecule has 1 fully saturated rings. The lowest BCUT2D eigenvalue weighted by atomic mass is 9.99. The van der Waals surface area contributed by atoms with Crippen LogP contribution in [-0.4, -0.2) is 49.0 Å². The number of amides is 3. The van der Waals surface area contributed by atoms with Crippen LogP contribution in [0.3, 0.4) is 0 Å². The smallest absolute Gasteiger partial charge is 0.329 e. The third-order valence-electron chi connectivity index (χ3n) is 7.64. The number of aromatic nitrogens is 4. The first-order valence-electron chi connectivity index (χ1n) is 13.0. The lowest BCUT2D eigenvalue weighted by molar-refractivity contribution is -0.120. The van der Waals surface area contributed by atoms with Crippen LogP contribution in [-0.2, 0) is 30.5 Å². The van der Waals surface area contributed by atoms with Gasteiger partial charge in [0, 0.05) is 33.1 Å². The molecular formula is C28H35N7O3. The number of imidazole rings is 1. The number of fused-ring (bicyclic) bond motifs is 1. The predicted molar refractivity (Wildman–Crippen MR) is 143 cm³/mol. The Bertz CT molecular complexity index is 1360. The van der Waals surface area contributed by atoms with Gasteiger partial charge in [-0.1, -0.05) is 19.9 Å². The predicted octanol–water partition coefficient (Wildman–Crippen LogP) is 4.00. The fourth-order valence-corrected chi connectivity index (χ4v) is 4.87. The highest BCUT2D eigenvalue weighted by molar-refractivity contribution is 6.05. The zero-order chi connectivity index (χ0) is 27.2. The molecule has 0 bridgehead atoms. The Morgan fingerprint density at radius 2 is 1.87 bits per heavy atom. The van der Waals surface area contributed by atoms with Gasteiger partial charge in [0.2, 0.25) is 5.91 Å². The molecule has 5 heterocycles. The van der Waals surface area contributed by atoms with Crippen molar-refractivity contribution in [3.63, 3.8) is 0 Å². The fraction of sp³-hybridized carbons (Fsp3) is 0.464. The van der Waals surface area contributed by atoms with Crippen molar-refractivity contribution in [2.75, 3.05) is 11.4 Å². The maximum Gasteiger partial charge on any atom is 0.329 e. The maximum absolute atomic E-state index is 12.3. The third-order valence-corrected chi connectivity index (χ3v) is 7.64. The summed E-state index contributed by atoms with van der Waals surface area (Å²) < 4.78 is 7.82. The number of anilines is 1. The number of carbonyl (C=O) groups is 2. The van der Waals surface area contributed by atoms with Crippen LogP contribution in [0, 0.1) is 5.92 Å². The van der Waals surface area contributed by atoms with Gasteiger partial charge >= 0.3 is 6.03 Å². The van der Waals surface area contributed by atoms with Crippen molar-refractivity contribution < 1.29 is 14.3 Å². The molecule has 3 aromatic heterocycles. The Labute approximate surface area is 223 Å². The number of nitrogens with zero attached hydrogens (tertiary/aromatic N) is 6. The normalized spacial score (nSPS) is 18.0. The van der Waals surface area contributed by atoms with Crippen molar-refractivity contribution >= 4 is 17.8 Å². The lowest BCUT2D eigenvalue weighted by Gasteiger charge is -2.31. The molecule has 0 radical (unpaired) electrons. The first kappa shape index (κ1) is 25.8. The molecular weight excluding hydrogens is 482 g/mol. The summed E-state index contributed by atoms with van der Waals surface area (Å²) in [4.78, 5) is 42.1. The summed E-state index contributed by atoms with van der Waals surface area (Å²) in [6.07, 6.45) is 3.84. The Morgan fingerprint density at radius 1 is 1.08 bits per heavy atom. The Morgan fingerprint density at radius 3 is 2.55 bits per heavy atom. The molecule has 2 aliphatic heterocycles. The molecule has 10 nitrogen and oxygen atoms in total. The molecule has 0 saturated carbocycles. The summed E-state index contributed by atoms with van der Waals surface area (Å²) in [6, 6.07) is 7.67. The number of rotatable bonds is 7. The molecule has 3 amide bonds. The van der Waals surface area contributed by atoms with Crippen LogP contribution >= 0.6 is 0 Å². The molecule has 1 saturated heterocycles. The number of ether oxygens (including phenoxy) is 1. The van der Waals surface area contributed by atoms with Crippen LogP contribution in [0.25, 0.3) is 11.5 Å². The molecule has 200 valence electrons. The molecule has 0 unspecified atom stereocenters. The van der Waals surface area contributed by atoms with Gasteiger partial charge in [0.05, 0.1) is 35.4 Å². The largest absolute Gasteiger partial charge is 0.489 e. The second kappa shape index (κ2) is 9.83. The zero-order valence-corrected chi connectivity index (χ0v) is 22.9. The number of urea groups is 1. The van der Waals surface area contributed by atoms with E-state index >= 15 is 0 Å². The second-order valence-corrected chi connectivity index (χ2v) is 10.9. The summed E-state index contributed by atoms with van der Waals surface area (Å²) in [6.45, 7) is 12.5. The first-order valence-corrected chi connectivity index (χ1v) is 13.0. The number of carbonyl (C=O) groups excluding carboxylic acids is 2. The molecule has 38 heavy (non-hydrogen) atoms. The summed E-state index contributed by atoms with van der Waals surface area (Å²) in [5, 5.41) is 2.36. The van der Waals surface area contributed by atoms with Gasteiger partial charge in [0.15, 0.2) is 5.82 Å². The molecule has 10 heteroatoms. The topological polar surface area (TPSA) is 105 Å². The quantitative estimate of drug-likeness (QED) is 0.505. The minimum Gasteiger partial charge on any atom is -0.489 e. The van der Waals surface area contributed by atoms with Gasteiger partial charge in [-0.2, -0.15) is 0 Å². The van der Waals surface area contributed by atoms with Gasteiger partial charge in [0.1, 0.15) is 17.3 Å². The standard InChI is InChI=1S/C28H35N7O3/c1-17(2)18(3)38-21-9-8-20(29-13-21)16-34-15-19-7-10-22(31-25(19)28(34,4)5)26-30-14-24(33(26)6)35-12-11-23(36)32-27(35)37/h7-10,13-14,17-18H,11-12,15-16H2,1-6H3,(H,32,36,37)/t18-/m1/s1. The number of hydrogen-bond donors (Lipinski definition) is 1. The maximum atomic E-state index is 12.3. The number of nitrogens with one attached hydrogen (secondary N) is 1. The molecule has 0 aliphatic carbocycles. The summed E-state index contributed by atoms with van der Waals surface area (Å²) in [5.41, 5.74) is 3.58. The number of imide groups is 1. The van der Waals surface area contributed by atoms with Gasteiger partial charge in [-0.3, -0.25) is 24.9 Å². The molecule has 1 N–H and O–H groups in total. The first-order chi connectivity index (χ1) is 18.0. The van der Waals surface area contributed by atoms with Gasteiger partial charge in [0.25, 0.3) is 0 Å². The average Bonchev–Trinajstić information content (AvgIpc) is 3.36. The van der Waals surface area contributed by atoms with Gasteiger partial charge in [-0.05, 0) is 50.5 Å². The SMILES string of the molecule is CC(C)[C@@H](C)Oc1ccc(CN2Cc3ccc(-c4ncc(N5CCC(=O)NC5=O)n4C)nc3C2(C)C)nc1. The average molecular weight is 518 g/mol. The van der Waals surface area contributed by atoms with E-state index in [0.29, 0.717) is 30.6 Å². The van der Waals surface area contributed by atoms with Crippen LogP contribution in [0.2, 0.25) is 0 Å². The Hall–Kier alpha value is -3.79. The van der Waals surface area contributed by atoms with Crippen molar-refractivity contribution in [3.8, 4) is 17.3 Å². The Kier molecular flexibility index (Phi) is 6.68.